The molecule has 0 aliphatic rings. The summed E-state index contributed by atoms with van der Waals surface area (Å²) in [6, 6.07) is 11.1. The zero-order chi connectivity index (χ0) is 12.4. The molecule has 0 spiro atoms. The van der Waals surface area contributed by atoms with Crippen LogP contribution in [0.4, 0.5) is 5.69 Å². The van der Waals surface area contributed by atoms with Gasteiger partial charge in [0.25, 0.3) is 0 Å². The molecule has 0 saturated heterocycles. The van der Waals surface area contributed by atoms with Crippen molar-refractivity contribution < 1.29 is 0 Å². The quantitative estimate of drug-likeness (QED) is 0.811. The van der Waals surface area contributed by atoms with Crippen LogP contribution in [0.5, 0.6) is 0 Å². The summed E-state index contributed by atoms with van der Waals surface area (Å²) < 4.78 is 1.18. The van der Waals surface area contributed by atoms with Gasteiger partial charge in [0.1, 0.15) is 0 Å². The number of hydrogen-bond donors (Lipinski definition) is 1. The average Bonchev–Trinajstić information content (AvgIpc) is 2.70. The number of nitrogens with one attached hydrogen (secondary N) is 1. The van der Waals surface area contributed by atoms with Gasteiger partial charge in [-0.1, -0.05) is 6.07 Å². The summed E-state index contributed by atoms with van der Waals surface area (Å²) in [5.41, 5.74) is 3.85. The van der Waals surface area contributed by atoms with Crippen LogP contribution in [0.15, 0.2) is 34.1 Å². The summed E-state index contributed by atoms with van der Waals surface area (Å²) in [5, 5.41) is 3.53. The molecule has 0 aliphatic carbocycles. The fraction of sp³-hybridized carbons (Fsp3) is 0.286. The molecule has 1 aromatic heterocycles. The molecule has 0 aliphatic heterocycles. The van der Waals surface area contributed by atoms with Gasteiger partial charge in [0.05, 0.1) is 9.83 Å². The number of anilines is 1. The molecule has 90 valence electrons. The normalized spacial score (nSPS) is 12.5. The highest BCUT2D eigenvalue weighted by Gasteiger charge is 2.08. The Bertz CT molecular complexity index is 519. The highest BCUT2D eigenvalue weighted by molar-refractivity contribution is 9.11. The maximum Gasteiger partial charge on any atom is 0.0702 e. The third-order valence-electron chi connectivity index (χ3n) is 2.91. The zero-order valence-electron chi connectivity index (χ0n) is 10.3. The van der Waals surface area contributed by atoms with Gasteiger partial charge in [-0.15, -0.1) is 11.3 Å². The maximum absolute atomic E-state index is 3.53. The first-order valence-corrected chi connectivity index (χ1v) is 7.26. The molecule has 1 heterocycles. The average molecular weight is 310 g/mol. The zero-order valence-corrected chi connectivity index (χ0v) is 12.7. The van der Waals surface area contributed by atoms with Crippen molar-refractivity contribution in [1.82, 2.24) is 0 Å². The number of halogens is 1. The Labute approximate surface area is 115 Å². The first-order valence-electron chi connectivity index (χ1n) is 5.65. The largest absolute Gasteiger partial charge is 0.378 e. The van der Waals surface area contributed by atoms with E-state index in [0.717, 1.165) is 0 Å². The summed E-state index contributed by atoms with van der Waals surface area (Å²) in [6.45, 7) is 6.47. The van der Waals surface area contributed by atoms with Gasteiger partial charge in [-0.05, 0) is 72.1 Å². The van der Waals surface area contributed by atoms with Crippen molar-refractivity contribution in [3.63, 3.8) is 0 Å². The number of thiophene rings is 1. The van der Waals surface area contributed by atoms with Crippen molar-refractivity contribution >= 4 is 33.0 Å². The van der Waals surface area contributed by atoms with Gasteiger partial charge in [-0.2, -0.15) is 0 Å². The minimum atomic E-state index is 0.341. The van der Waals surface area contributed by atoms with Crippen molar-refractivity contribution in [1.29, 1.82) is 0 Å². The topological polar surface area (TPSA) is 12.0 Å². The monoisotopic (exact) mass is 309 g/mol. The van der Waals surface area contributed by atoms with Crippen molar-refractivity contribution in [3.8, 4) is 0 Å². The molecule has 1 atom stereocenters. The highest BCUT2D eigenvalue weighted by atomic mass is 79.9. The van der Waals surface area contributed by atoms with E-state index in [0.29, 0.717) is 6.04 Å². The maximum atomic E-state index is 3.53. The van der Waals surface area contributed by atoms with E-state index in [-0.39, 0.29) is 0 Å². The van der Waals surface area contributed by atoms with Crippen molar-refractivity contribution in [2.24, 2.45) is 0 Å². The van der Waals surface area contributed by atoms with Gasteiger partial charge in [0, 0.05) is 10.6 Å². The summed E-state index contributed by atoms with van der Waals surface area (Å²) >= 11 is 5.27. The molecule has 1 unspecified atom stereocenters. The molecule has 2 aromatic rings. The molecule has 0 radical (unpaired) electrons. The molecule has 0 amide bonds. The summed E-state index contributed by atoms with van der Waals surface area (Å²) in [6.07, 6.45) is 0. The third kappa shape index (κ3) is 3.11. The molecule has 0 fully saturated rings. The van der Waals surface area contributed by atoms with Crippen LogP contribution in [-0.2, 0) is 0 Å². The summed E-state index contributed by atoms with van der Waals surface area (Å²) in [5.74, 6) is 0. The first-order chi connectivity index (χ1) is 8.06. The Hall–Kier alpha value is -0.800. The Morgan fingerprint density at radius 2 is 1.88 bits per heavy atom. The highest BCUT2D eigenvalue weighted by Crippen LogP contribution is 2.29. The van der Waals surface area contributed by atoms with Gasteiger partial charge < -0.3 is 5.32 Å². The van der Waals surface area contributed by atoms with Crippen LogP contribution in [0.2, 0.25) is 0 Å². The smallest absolute Gasteiger partial charge is 0.0702 e. The SMILES string of the molecule is Cc1ccc(NC(C)c2ccc(Br)s2)cc1C. The molecule has 0 saturated carbocycles. The molecule has 3 heteroatoms. The van der Waals surface area contributed by atoms with E-state index in [4.69, 9.17) is 0 Å². The van der Waals surface area contributed by atoms with Gasteiger partial charge in [-0.25, -0.2) is 0 Å². The number of benzene rings is 1. The van der Waals surface area contributed by atoms with E-state index in [1.807, 2.05) is 0 Å². The van der Waals surface area contributed by atoms with Crippen molar-refractivity contribution in [2.45, 2.75) is 26.8 Å². The number of aryl methyl sites for hydroxylation is 2. The fourth-order valence-corrected chi connectivity index (χ4v) is 3.14. The lowest BCUT2D eigenvalue weighted by Crippen LogP contribution is -2.04. The third-order valence-corrected chi connectivity index (χ3v) is 4.72. The molecular formula is C14H16BrNS. The van der Waals surface area contributed by atoms with Crippen LogP contribution in [0, 0.1) is 13.8 Å². The second-order valence-corrected chi connectivity index (χ2v) is 6.80. The minimum Gasteiger partial charge on any atom is -0.378 e. The summed E-state index contributed by atoms with van der Waals surface area (Å²) in [4.78, 5) is 1.34. The lowest BCUT2D eigenvalue weighted by atomic mass is 10.1. The van der Waals surface area contributed by atoms with Crippen molar-refractivity contribution in [3.05, 3.63) is 50.1 Å². The van der Waals surface area contributed by atoms with Gasteiger partial charge in [0.15, 0.2) is 0 Å². The molecule has 17 heavy (non-hydrogen) atoms. The number of hydrogen-bond acceptors (Lipinski definition) is 2. The predicted molar refractivity (Wildman–Crippen MR) is 80.0 cm³/mol. The van der Waals surface area contributed by atoms with E-state index in [2.05, 4.69) is 72.3 Å². The lowest BCUT2D eigenvalue weighted by Gasteiger charge is -2.14. The Balaban J connectivity index is 2.12. The van der Waals surface area contributed by atoms with Crippen LogP contribution in [-0.4, -0.2) is 0 Å². The lowest BCUT2D eigenvalue weighted by molar-refractivity contribution is 0.907. The predicted octanol–water partition coefficient (Wildman–Crippen LogP) is 5.30. The van der Waals surface area contributed by atoms with E-state index in [9.17, 15) is 0 Å². The fourth-order valence-electron chi connectivity index (χ4n) is 1.71. The first kappa shape index (κ1) is 12.7. The minimum absolute atomic E-state index is 0.341. The van der Waals surface area contributed by atoms with Crippen LogP contribution < -0.4 is 5.32 Å². The van der Waals surface area contributed by atoms with Crippen LogP contribution >= 0.6 is 27.3 Å². The van der Waals surface area contributed by atoms with Crippen molar-refractivity contribution in [2.75, 3.05) is 5.32 Å². The molecular weight excluding hydrogens is 294 g/mol. The standard InChI is InChI=1S/C14H16BrNS/c1-9-4-5-12(8-10(9)2)16-11(3)13-6-7-14(15)17-13/h4-8,11,16H,1-3H3. The Morgan fingerprint density at radius 1 is 1.12 bits per heavy atom. The molecule has 1 aromatic carbocycles. The van der Waals surface area contributed by atoms with E-state index < -0.39 is 0 Å². The van der Waals surface area contributed by atoms with Gasteiger partial charge in [-0.3, -0.25) is 0 Å². The second kappa shape index (κ2) is 5.23. The second-order valence-electron chi connectivity index (χ2n) is 4.31. The molecule has 2 rings (SSSR count). The Kier molecular flexibility index (Phi) is 3.89. The Morgan fingerprint density at radius 3 is 2.47 bits per heavy atom. The van der Waals surface area contributed by atoms with E-state index >= 15 is 0 Å². The van der Waals surface area contributed by atoms with Crippen LogP contribution in [0.1, 0.15) is 29.0 Å². The molecule has 1 nitrogen and oxygen atoms in total. The van der Waals surface area contributed by atoms with Crippen LogP contribution in [0.3, 0.4) is 0 Å². The van der Waals surface area contributed by atoms with E-state index in [1.165, 1.54) is 25.5 Å². The van der Waals surface area contributed by atoms with Gasteiger partial charge >= 0.3 is 0 Å². The number of rotatable bonds is 3. The van der Waals surface area contributed by atoms with Crippen LogP contribution in [0.25, 0.3) is 0 Å². The summed E-state index contributed by atoms with van der Waals surface area (Å²) in [7, 11) is 0. The van der Waals surface area contributed by atoms with Gasteiger partial charge in [0.2, 0.25) is 0 Å². The molecule has 0 bridgehead atoms. The van der Waals surface area contributed by atoms with E-state index in [1.54, 1.807) is 11.3 Å². The molecule has 1 N–H and O–H groups in total.